The first-order chi connectivity index (χ1) is 11.1. The minimum absolute atomic E-state index is 0.123. The van der Waals surface area contributed by atoms with Crippen molar-refractivity contribution in [2.24, 2.45) is 7.05 Å². The summed E-state index contributed by atoms with van der Waals surface area (Å²) in [5.41, 5.74) is 7.30. The SMILES string of the molecule is Cn1c(=O)n(C(=O)c2ccc3c(c2)OCO3)c2cc(N)ccc21. The van der Waals surface area contributed by atoms with Gasteiger partial charge in [0.2, 0.25) is 6.79 Å². The van der Waals surface area contributed by atoms with Gasteiger partial charge in [0.15, 0.2) is 11.5 Å². The second-order valence-corrected chi connectivity index (χ2v) is 5.30. The van der Waals surface area contributed by atoms with Crippen LogP contribution in [0.3, 0.4) is 0 Å². The number of aryl methyl sites for hydroxylation is 1. The fourth-order valence-electron chi connectivity index (χ4n) is 2.71. The van der Waals surface area contributed by atoms with Crippen LogP contribution >= 0.6 is 0 Å². The summed E-state index contributed by atoms with van der Waals surface area (Å²) in [7, 11) is 1.62. The highest BCUT2D eigenvalue weighted by molar-refractivity contribution is 6.02. The van der Waals surface area contributed by atoms with E-state index in [0.29, 0.717) is 33.8 Å². The lowest BCUT2D eigenvalue weighted by Gasteiger charge is -2.04. The number of nitrogens with two attached hydrogens (primary N) is 1. The zero-order chi connectivity index (χ0) is 16.1. The van der Waals surface area contributed by atoms with E-state index in [-0.39, 0.29) is 6.79 Å². The van der Waals surface area contributed by atoms with Crippen molar-refractivity contribution in [1.82, 2.24) is 9.13 Å². The number of anilines is 1. The highest BCUT2D eigenvalue weighted by atomic mass is 16.7. The lowest BCUT2D eigenvalue weighted by atomic mass is 10.2. The molecule has 4 rings (SSSR count). The largest absolute Gasteiger partial charge is 0.454 e. The second kappa shape index (κ2) is 4.64. The van der Waals surface area contributed by atoms with E-state index in [9.17, 15) is 9.59 Å². The molecule has 0 atom stereocenters. The van der Waals surface area contributed by atoms with Gasteiger partial charge >= 0.3 is 5.69 Å². The molecule has 1 aliphatic rings. The lowest BCUT2D eigenvalue weighted by molar-refractivity contribution is 0.0959. The molecule has 0 unspecified atom stereocenters. The molecular weight excluding hydrogens is 298 g/mol. The molecule has 1 aliphatic heterocycles. The van der Waals surface area contributed by atoms with E-state index in [1.54, 1.807) is 43.4 Å². The molecule has 2 N–H and O–H groups in total. The van der Waals surface area contributed by atoms with E-state index in [0.717, 1.165) is 4.57 Å². The number of imidazole rings is 1. The third-order valence-electron chi connectivity index (χ3n) is 3.90. The van der Waals surface area contributed by atoms with Crippen molar-refractivity contribution in [3.05, 3.63) is 52.4 Å². The number of ether oxygens (including phenoxy) is 2. The molecule has 0 saturated heterocycles. The summed E-state index contributed by atoms with van der Waals surface area (Å²) in [5, 5.41) is 0. The van der Waals surface area contributed by atoms with E-state index in [2.05, 4.69) is 0 Å². The third-order valence-corrected chi connectivity index (χ3v) is 3.90. The third kappa shape index (κ3) is 1.90. The Labute approximate surface area is 130 Å². The molecule has 116 valence electrons. The van der Waals surface area contributed by atoms with Gasteiger partial charge in [-0.25, -0.2) is 9.36 Å². The van der Waals surface area contributed by atoms with Crippen LogP contribution in [-0.2, 0) is 7.05 Å². The van der Waals surface area contributed by atoms with Gasteiger partial charge in [0, 0.05) is 18.3 Å². The van der Waals surface area contributed by atoms with E-state index in [4.69, 9.17) is 15.2 Å². The topological polar surface area (TPSA) is 88.5 Å². The predicted octanol–water partition coefficient (Wildman–Crippen LogP) is 1.34. The first-order valence-corrected chi connectivity index (χ1v) is 6.97. The van der Waals surface area contributed by atoms with Gasteiger partial charge in [-0.3, -0.25) is 9.36 Å². The van der Waals surface area contributed by atoms with E-state index < -0.39 is 11.6 Å². The number of aromatic nitrogens is 2. The van der Waals surface area contributed by atoms with Gasteiger partial charge in [-0.05, 0) is 36.4 Å². The van der Waals surface area contributed by atoms with Crippen LogP contribution in [0.4, 0.5) is 5.69 Å². The molecule has 0 bridgehead atoms. The van der Waals surface area contributed by atoms with Gasteiger partial charge in [0.1, 0.15) is 0 Å². The monoisotopic (exact) mass is 311 g/mol. The number of hydrogen-bond acceptors (Lipinski definition) is 5. The van der Waals surface area contributed by atoms with Crippen LogP contribution in [0.15, 0.2) is 41.2 Å². The summed E-state index contributed by atoms with van der Waals surface area (Å²) in [6.45, 7) is 0.123. The Bertz CT molecular complexity index is 1020. The van der Waals surface area contributed by atoms with Crippen molar-refractivity contribution < 1.29 is 14.3 Å². The molecule has 0 spiro atoms. The predicted molar refractivity (Wildman–Crippen MR) is 83.9 cm³/mol. The van der Waals surface area contributed by atoms with Gasteiger partial charge in [-0.15, -0.1) is 0 Å². The molecular formula is C16H13N3O4. The highest BCUT2D eigenvalue weighted by Gasteiger charge is 2.21. The van der Waals surface area contributed by atoms with Crippen molar-refractivity contribution >= 4 is 22.6 Å². The van der Waals surface area contributed by atoms with Gasteiger partial charge in [0.05, 0.1) is 11.0 Å². The summed E-state index contributed by atoms with van der Waals surface area (Å²) in [4.78, 5) is 25.3. The molecule has 23 heavy (non-hydrogen) atoms. The normalized spacial score (nSPS) is 12.7. The maximum absolute atomic E-state index is 12.8. The Hall–Kier alpha value is -3.22. The van der Waals surface area contributed by atoms with Gasteiger partial charge < -0.3 is 15.2 Å². The number of benzene rings is 2. The summed E-state index contributed by atoms with van der Waals surface area (Å²) < 4.78 is 13.0. The molecule has 0 amide bonds. The van der Waals surface area contributed by atoms with E-state index in [1.807, 2.05) is 0 Å². The van der Waals surface area contributed by atoms with Crippen LogP contribution in [-0.4, -0.2) is 21.8 Å². The zero-order valence-electron chi connectivity index (χ0n) is 12.3. The first kappa shape index (κ1) is 13.4. The first-order valence-electron chi connectivity index (χ1n) is 6.97. The van der Waals surface area contributed by atoms with Crippen molar-refractivity contribution in [2.45, 2.75) is 0 Å². The number of nitrogens with zero attached hydrogens (tertiary/aromatic N) is 2. The average molecular weight is 311 g/mol. The minimum atomic E-state index is -0.440. The van der Waals surface area contributed by atoms with E-state index >= 15 is 0 Å². The molecule has 0 radical (unpaired) electrons. The van der Waals surface area contributed by atoms with E-state index in [1.165, 1.54) is 4.57 Å². The maximum atomic E-state index is 12.8. The van der Waals surface area contributed by atoms with Crippen molar-refractivity contribution in [3.63, 3.8) is 0 Å². The summed E-state index contributed by atoms with van der Waals surface area (Å²) >= 11 is 0. The number of nitrogen functional groups attached to an aromatic ring is 1. The van der Waals surface area contributed by atoms with Crippen molar-refractivity contribution in [2.75, 3.05) is 12.5 Å². The number of rotatable bonds is 1. The Balaban J connectivity index is 1.92. The van der Waals surface area contributed by atoms with Gasteiger partial charge in [-0.1, -0.05) is 0 Å². The number of carbonyl (C=O) groups excluding carboxylic acids is 1. The Morgan fingerprint density at radius 3 is 2.70 bits per heavy atom. The average Bonchev–Trinajstić information content (AvgIpc) is 3.10. The molecule has 2 heterocycles. The second-order valence-electron chi connectivity index (χ2n) is 5.30. The Morgan fingerprint density at radius 1 is 1.09 bits per heavy atom. The van der Waals surface area contributed by atoms with Crippen LogP contribution in [0.5, 0.6) is 11.5 Å². The summed E-state index contributed by atoms with van der Waals surface area (Å²) in [6.07, 6.45) is 0. The fraction of sp³-hybridized carbons (Fsp3) is 0.125. The van der Waals surface area contributed by atoms with Crippen LogP contribution in [0.25, 0.3) is 11.0 Å². The molecule has 3 aromatic rings. The molecule has 7 heteroatoms. The molecule has 0 aliphatic carbocycles. The smallest absolute Gasteiger partial charge is 0.335 e. The Morgan fingerprint density at radius 2 is 1.87 bits per heavy atom. The van der Waals surface area contributed by atoms with Crippen LogP contribution in [0.2, 0.25) is 0 Å². The van der Waals surface area contributed by atoms with Crippen LogP contribution < -0.4 is 20.9 Å². The molecule has 7 nitrogen and oxygen atoms in total. The molecule has 2 aromatic carbocycles. The standard InChI is InChI=1S/C16H13N3O4/c1-18-11-4-3-10(17)7-12(11)19(16(18)21)15(20)9-2-5-13-14(6-9)23-8-22-13/h2-7H,8,17H2,1H3. The minimum Gasteiger partial charge on any atom is -0.454 e. The summed E-state index contributed by atoms with van der Waals surface area (Å²) in [5.74, 6) is 0.629. The molecule has 1 aromatic heterocycles. The number of carbonyl (C=O) groups is 1. The Kier molecular flexibility index (Phi) is 2.71. The number of hydrogen-bond donors (Lipinski definition) is 1. The van der Waals surface area contributed by atoms with Gasteiger partial charge in [0.25, 0.3) is 5.91 Å². The quantitative estimate of drug-likeness (QED) is 0.685. The molecule has 0 saturated carbocycles. The highest BCUT2D eigenvalue weighted by Crippen LogP contribution is 2.32. The summed E-state index contributed by atoms with van der Waals surface area (Å²) in [6, 6.07) is 9.85. The fourth-order valence-corrected chi connectivity index (χ4v) is 2.71. The maximum Gasteiger partial charge on any atom is 0.335 e. The van der Waals surface area contributed by atoms with Crippen LogP contribution in [0.1, 0.15) is 10.4 Å². The zero-order valence-corrected chi connectivity index (χ0v) is 12.3. The lowest BCUT2D eigenvalue weighted by Crippen LogP contribution is -2.28. The van der Waals surface area contributed by atoms with Crippen LogP contribution in [0, 0.1) is 0 Å². The van der Waals surface area contributed by atoms with Crippen molar-refractivity contribution in [3.8, 4) is 11.5 Å². The molecule has 0 fully saturated rings. The van der Waals surface area contributed by atoms with Crippen molar-refractivity contribution in [1.29, 1.82) is 0 Å². The number of fused-ring (bicyclic) bond motifs is 2. The van der Waals surface area contributed by atoms with Gasteiger partial charge in [-0.2, -0.15) is 0 Å².